The second-order valence-corrected chi connectivity index (χ2v) is 7.27. The lowest BCUT2D eigenvalue weighted by Gasteiger charge is -2.13. The van der Waals surface area contributed by atoms with E-state index in [-0.39, 0.29) is 30.4 Å². The molecule has 1 saturated carbocycles. The van der Waals surface area contributed by atoms with Crippen LogP contribution < -0.4 is 20.1 Å². The Morgan fingerprint density at radius 1 is 0.889 bits per heavy atom. The van der Waals surface area contributed by atoms with Crippen molar-refractivity contribution < 1.29 is 19.1 Å². The standard InChI is InChI=1S/C21H22N2O4/c1-11-6-12(2)19(13(3)7-11)23-21(25)16-9-15(16)20(24)22-14-4-5-17-18(8-14)27-10-26-17/h4-8,15-16H,9-10H2,1-3H3,(H,22,24)(H,23,25). The van der Waals surface area contributed by atoms with Gasteiger partial charge in [0.2, 0.25) is 18.6 Å². The molecule has 2 aromatic rings. The fourth-order valence-corrected chi connectivity index (χ4v) is 3.58. The minimum Gasteiger partial charge on any atom is -0.454 e. The average molecular weight is 366 g/mol. The summed E-state index contributed by atoms with van der Waals surface area (Å²) in [5, 5.41) is 5.85. The van der Waals surface area contributed by atoms with Gasteiger partial charge >= 0.3 is 0 Å². The molecule has 1 fully saturated rings. The number of fused-ring (bicyclic) bond motifs is 1. The van der Waals surface area contributed by atoms with Crippen molar-refractivity contribution in [2.45, 2.75) is 27.2 Å². The number of aryl methyl sites for hydroxylation is 3. The number of anilines is 2. The van der Waals surface area contributed by atoms with E-state index < -0.39 is 0 Å². The topological polar surface area (TPSA) is 76.7 Å². The van der Waals surface area contributed by atoms with Crippen LogP contribution in [0.25, 0.3) is 0 Å². The molecule has 2 unspecified atom stereocenters. The predicted octanol–water partition coefficient (Wildman–Crippen LogP) is 3.55. The van der Waals surface area contributed by atoms with Crippen LogP contribution in [0.3, 0.4) is 0 Å². The monoisotopic (exact) mass is 366 g/mol. The van der Waals surface area contributed by atoms with Gasteiger partial charge in [0, 0.05) is 17.4 Å². The smallest absolute Gasteiger partial charge is 0.231 e. The van der Waals surface area contributed by atoms with Gasteiger partial charge in [-0.1, -0.05) is 17.7 Å². The summed E-state index contributed by atoms with van der Waals surface area (Å²) in [6, 6.07) is 9.34. The lowest BCUT2D eigenvalue weighted by molar-refractivity contribution is -0.122. The molecule has 0 bridgehead atoms. The van der Waals surface area contributed by atoms with Crippen molar-refractivity contribution in [1.29, 1.82) is 0 Å². The molecule has 2 amide bonds. The van der Waals surface area contributed by atoms with Crippen molar-refractivity contribution in [2.24, 2.45) is 11.8 Å². The van der Waals surface area contributed by atoms with Crippen LogP contribution in [-0.4, -0.2) is 18.6 Å². The molecule has 2 aliphatic rings. The molecule has 1 aliphatic heterocycles. The molecule has 4 rings (SSSR count). The number of amides is 2. The molecule has 6 heteroatoms. The lowest BCUT2D eigenvalue weighted by Crippen LogP contribution is -2.21. The minimum absolute atomic E-state index is 0.101. The third-order valence-corrected chi connectivity index (χ3v) is 5.03. The molecule has 0 spiro atoms. The third kappa shape index (κ3) is 3.47. The molecule has 1 aliphatic carbocycles. The van der Waals surface area contributed by atoms with E-state index in [2.05, 4.69) is 10.6 Å². The van der Waals surface area contributed by atoms with E-state index in [1.807, 2.05) is 32.9 Å². The van der Waals surface area contributed by atoms with Crippen LogP contribution in [-0.2, 0) is 9.59 Å². The van der Waals surface area contributed by atoms with Gasteiger partial charge in [-0.2, -0.15) is 0 Å². The zero-order valence-corrected chi connectivity index (χ0v) is 15.6. The van der Waals surface area contributed by atoms with Crippen molar-refractivity contribution in [2.75, 3.05) is 17.4 Å². The van der Waals surface area contributed by atoms with Crippen LogP contribution in [0.15, 0.2) is 30.3 Å². The van der Waals surface area contributed by atoms with Crippen molar-refractivity contribution in [3.63, 3.8) is 0 Å². The SMILES string of the molecule is Cc1cc(C)c(NC(=O)C2CC2C(=O)Nc2ccc3c(c2)OCO3)c(C)c1. The van der Waals surface area contributed by atoms with Crippen molar-refractivity contribution in [1.82, 2.24) is 0 Å². The number of hydrogen-bond acceptors (Lipinski definition) is 4. The predicted molar refractivity (Wildman–Crippen MR) is 102 cm³/mol. The third-order valence-electron chi connectivity index (χ3n) is 5.03. The highest BCUT2D eigenvalue weighted by Crippen LogP contribution is 2.41. The maximum absolute atomic E-state index is 12.6. The number of rotatable bonds is 4. The molecular weight excluding hydrogens is 344 g/mol. The lowest BCUT2D eigenvalue weighted by atomic mass is 10.0. The molecule has 2 N–H and O–H groups in total. The summed E-state index contributed by atoms with van der Waals surface area (Å²) in [5.74, 6) is 0.437. The molecule has 0 aromatic heterocycles. The van der Waals surface area contributed by atoms with E-state index in [0.29, 0.717) is 23.6 Å². The van der Waals surface area contributed by atoms with Crippen LogP contribution in [0.5, 0.6) is 11.5 Å². The minimum atomic E-state index is -0.304. The summed E-state index contributed by atoms with van der Waals surface area (Å²) >= 11 is 0. The van der Waals surface area contributed by atoms with Gasteiger partial charge in [-0.05, 0) is 50.5 Å². The first-order valence-corrected chi connectivity index (χ1v) is 9.01. The van der Waals surface area contributed by atoms with E-state index in [0.717, 1.165) is 22.4 Å². The van der Waals surface area contributed by atoms with Gasteiger partial charge < -0.3 is 20.1 Å². The highest BCUT2D eigenvalue weighted by Gasteiger charge is 2.48. The summed E-state index contributed by atoms with van der Waals surface area (Å²) in [5.41, 5.74) is 4.70. The van der Waals surface area contributed by atoms with Crippen molar-refractivity contribution in [3.8, 4) is 11.5 Å². The molecule has 27 heavy (non-hydrogen) atoms. The van der Waals surface area contributed by atoms with E-state index in [1.54, 1.807) is 18.2 Å². The first-order chi connectivity index (χ1) is 12.9. The maximum atomic E-state index is 12.6. The van der Waals surface area contributed by atoms with Gasteiger partial charge in [-0.3, -0.25) is 9.59 Å². The number of benzene rings is 2. The van der Waals surface area contributed by atoms with Crippen LogP contribution in [0.2, 0.25) is 0 Å². The number of carbonyl (C=O) groups is 2. The van der Waals surface area contributed by atoms with E-state index in [1.165, 1.54) is 0 Å². The summed E-state index contributed by atoms with van der Waals surface area (Å²) < 4.78 is 10.6. The quantitative estimate of drug-likeness (QED) is 0.868. The zero-order valence-electron chi connectivity index (χ0n) is 15.6. The second kappa shape index (κ2) is 6.61. The Kier molecular flexibility index (Phi) is 4.26. The Hall–Kier alpha value is -3.02. The molecular formula is C21H22N2O4. The van der Waals surface area contributed by atoms with Crippen LogP contribution in [0.4, 0.5) is 11.4 Å². The Morgan fingerprint density at radius 2 is 1.52 bits per heavy atom. The molecule has 2 atom stereocenters. The number of nitrogens with one attached hydrogen (secondary N) is 2. The number of ether oxygens (including phenoxy) is 2. The first-order valence-electron chi connectivity index (χ1n) is 9.01. The Bertz CT molecular complexity index is 915. The Morgan fingerprint density at radius 3 is 2.22 bits per heavy atom. The first kappa shape index (κ1) is 17.4. The number of carbonyl (C=O) groups excluding carboxylic acids is 2. The summed E-state index contributed by atoms with van der Waals surface area (Å²) in [6.07, 6.45) is 0.562. The van der Waals surface area contributed by atoms with Crippen molar-refractivity contribution >= 4 is 23.2 Å². The van der Waals surface area contributed by atoms with Gasteiger partial charge in [0.15, 0.2) is 11.5 Å². The van der Waals surface area contributed by atoms with E-state index in [9.17, 15) is 9.59 Å². The molecule has 1 heterocycles. The average Bonchev–Trinajstić information content (AvgIpc) is 3.29. The van der Waals surface area contributed by atoms with Crippen molar-refractivity contribution in [3.05, 3.63) is 47.0 Å². The van der Waals surface area contributed by atoms with Gasteiger partial charge in [-0.15, -0.1) is 0 Å². The van der Waals surface area contributed by atoms with Gasteiger partial charge in [0.05, 0.1) is 11.8 Å². The normalized spacial score (nSPS) is 19.5. The van der Waals surface area contributed by atoms with Crippen LogP contribution in [0, 0.1) is 32.6 Å². The van der Waals surface area contributed by atoms with E-state index in [4.69, 9.17) is 9.47 Å². The van der Waals surface area contributed by atoms with Gasteiger partial charge in [-0.25, -0.2) is 0 Å². The molecule has 140 valence electrons. The molecule has 2 aromatic carbocycles. The summed E-state index contributed by atoms with van der Waals surface area (Å²) in [7, 11) is 0. The highest BCUT2D eigenvalue weighted by molar-refractivity contribution is 6.03. The highest BCUT2D eigenvalue weighted by atomic mass is 16.7. The Labute approximate surface area is 157 Å². The molecule has 0 radical (unpaired) electrons. The summed E-state index contributed by atoms with van der Waals surface area (Å²) in [4.78, 5) is 25.0. The fourth-order valence-electron chi connectivity index (χ4n) is 3.58. The maximum Gasteiger partial charge on any atom is 0.231 e. The fraction of sp³-hybridized carbons (Fsp3) is 0.333. The van der Waals surface area contributed by atoms with Crippen LogP contribution >= 0.6 is 0 Å². The largest absolute Gasteiger partial charge is 0.454 e. The van der Waals surface area contributed by atoms with Gasteiger partial charge in [0.1, 0.15) is 0 Å². The van der Waals surface area contributed by atoms with Crippen LogP contribution in [0.1, 0.15) is 23.1 Å². The Balaban J connectivity index is 1.37. The number of hydrogen-bond donors (Lipinski definition) is 2. The molecule has 0 saturated heterocycles. The van der Waals surface area contributed by atoms with Gasteiger partial charge in [0.25, 0.3) is 0 Å². The second-order valence-electron chi connectivity index (χ2n) is 7.27. The van der Waals surface area contributed by atoms with E-state index >= 15 is 0 Å². The molecule has 6 nitrogen and oxygen atoms in total. The summed E-state index contributed by atoms with van der Waals surface area (Å²) in [6.45, 7) is 6.18. The zero-order chi connectivity index (χ0) is 19.1.